The monoisotopic (exact) mass is 259 g/mol. The maximum absolute atomic E-state index is 13.7. The molecule has 0 aliphatic heterocycles. The molecule has 0 spiro atoms. The van der Waals surface area contributed by atoms with Crippen molar-refractivity contribution in [1.82, 2.24) is 0 Å². The number of carboxylic acids is 1. The van der Waals surface area contributed by atoms with Crippen molar-refractivity contribution in [2.45, 2.75) is 13.0 Å². The summed E-state index contributed by atoms with van der Waals surface area (Å²) in [5.74, 6) is -1.65. The standard InChI is InChI=1S/C15H14FNO2/c1-10-6-8-11(9-7-10)17-14(15(18)19)12-4-2-3-5-13(12)16/h2-9,14,17H,1H3,(H,18,19). The summed E-state index contributed by atoms with van der Waals surface area (Å²) in [6.07, 6.45) is 0. The number of anilines is 1. The fraction of sp³-hybridized carbons (Fsp3) is 0.133. The largest absolute Gasteiger partial charge is 0.479 e. The summed E-state index contributed by atoms with van der Waals surface area (Å²) in [7, 11) is 0. The lowest BCUT2D eigenvalue weighted by Gasteiger charge is -2.16. The average molecular weight is 259 g/mol. The van der Waals surface area contributed by atoms with E-state index in [1.54, 1.807) is 18.2 Å². The molecular weight excluding hydrogens is 245 g/mol. The molecule has 1 atom stereocenters. The predicted molar refractivity (Wildman–Crippen MR) is 71.6 cm³/mol. The van der Waals surface area contributed by atoms with Gasteiger partial charge >= 0.3 is 5.97 Å². The van der Waals surface area contributed by atoms with Gasteiger partial charge < -0.3 is 10.4 Å². The van der Waals surface area contributed by atoms with Crippen molar-refractivity contribution in [3.8, 4) is 0 Å². The molecule has 2 aromatic carbocycles. The van der Waals surface area contributed by atoms with Gasteiger partial charge in [-0.1, -0.05) is 35.9 Å². The van der Waals surface area contributed by atoms with Gasteiger partial charge in [-0.3, -0.25) is 0 Å². The van der Waals surface area contributed by atoms with Crippen molar-refractivity contribution in [1.29, 1.82) is 0 Å². The van der Waals surface area contributed by atoms with Gasteiger partial charge in [0.15, 0.2) is 6.04 Å². The van der Waals surface area contributed by atoms with Gasteiger partial charge in [0.25, 0.3) is 0 Å². The third-order valence-corrected chi connectivity index (χ3v) is 2.83. The number of aliphatic carboxylic acids is 1. The molecule has 0 fully saturated rings. The highest BCUT2D eigenvalue weighted by Gasteiger charge is 2.22. The van der Waals surface area contributed by atoms with E-state index in [0.717, 1.165) is 5.56 Å². The quantitative estimate of drug-likeness (QED) is 0.885. The fourth-order valence-electron chi connectivity index (χ4n) is 1.80. The second kappa shape index (κ2) is 5.52. The minimum atomic E-state index is -1.12. The fourth-order valence-corrected chi connectivity index (χ4v) is 1.80. The third kappa shape index (κ3) is 3.10. The summed E-state index contributed by atoms with van der Waals surface area (Å²) in [6, 6.07) is 12.0. The lowest BCUT2D eigenvalue weighted by molar-refractivity contribution is -0.138. The Labute approximate surface area is 110 Å². The van der Waals surface area contributed by atoms with E-state index in [0.29, 0.717) is 5.69 Å². The molecule has 3 nitrogen and oxygen atoms in total. The van der Waals surface area contributed by atoms with Crippen molar-refractivity contribution < 1.29 is 14.3 Å². The molecule has 0 aromatic heterocycles. The highest BCUT2D eigenvalue weighted by molar-refractivity contribution is 5.79. The van der Waals surface area contributed by atoms with Gasteiger partial charge in [0, 0.05) is 11.3 Å². The van der Waals surface area contributed by atoms with E-state index in [1.807, 2.05) is 19.1 Å². The number of benzene rings is 2. The van der Waals surface area contributed by atoms with Gasteiger partial charge in [-0.15, -0.1) is 0 Å². The zero-order chi connectivity index (χ0) is 13.8. The molecule has 0 saturated carbocycles. The molecule has 2 rings (SSSR count). The normalized spacial score (nSPS) is 11.9. The lowest BCUT2D eigenvalue weighted by atomic mass is 10.1. The van der Waals surface area contributed by atoms with E-state index in [4.69, 9.17) is 0 Å². The molecule has 0 bridgehead atoms. The molecule has 2 N–H and O–H groups in total. The molecule has 98 valence electrons. The van der Waals surface area contributed by atoms with Crippen molar-refractivity contribution in [3.05, 3.63) is 65.5 Å². The number of hydrogen-bond donors (Lipinski definition) is 2. The molecule has 0 aliphatic carbocycles. The highest BCUT2D eigenvalue weighted by Crippen LogP contribution is 2.22. The minimum absolute atomic E-state index is 0.121. The topological polar surface area (TPSA) is 49.3 Å². The van der Waals surface area contributed by atoms with Crippen LogP contribution in [0.25, 0.3) is 0 Å². The van der Waals surface area contributed by atoms with Gasteiger partial charge in [0.05, 0.1) is 0 Å². The number of hydrogen-bond acceptors (Lipinski definition) is 2. The second-order valence-electron chi connectivity index (χ2n) is 4.30. The molecule has 0 saturated heterocycles. The molecule has 19 heavy (non-hydrogen) atoms. The van der Waals surface area contributed by atoms with E-state index in [1.165, 1.54) is 18.2 Å². The van der Waals surface area contributed by atoms with Crippen LogP contribution in [0, 0.1) is 12.7 Å². The molecule has 2 aromatic rings. The van der Waals surface area contributed by atoms with Crippen molar-refractivity contribution in [3.63, 3.8) is 0 Å². The maximum Gasteiger partial charge on any atom is 0.330 e. The first kappa shape index (κ1) is 13.1. The minimum Gasteiger partial charge on any atom is -0.479 e. The molecule has 0 aliphatic rings. The molecule has 1 unspecified atom stereocenters. The Morgan fingerprint density at radius 3 is 2.37 bits per heavy atom. The van der Waals surface area contributed by atoms with Crippen molar-refractivity contribution in [2.24, 2.45) is 0 Å². The van der Waals surface area contributed by atoms with E-state index >= 15 is 0 Å². The van der Waals surface area contributed by atoms with Crippen LogP contribution < -0.4 is 5.32 Å². The Bertz CT molecular complexity index is 581. The molecule has 0 amide bonds. The smallest absolute Gasteiger partial charge is 0.330 e. The average Bonchev–Trinajstić information content (AvgIpc) is 2.39. The van der Waals surface area contributed by atoms with Crippen LogP contribution in [-0.4, -0.2) is 11.1 Å². The summed E-state index contributed by atoms with van der Waals surface area (Å²) in [5.41, 5.74) is 1.83. The van der Waals surface area contributed by atoms with E-state index < -0.39 is 17.8 Å². The Morgan fingerprint density at radius 2 is 1.79 bits per heavy atom. The van der Waals surface area contributed by atoms with Crippen molar-refractivity contribution >= 4 is 11.7 Å². The first-order valence-electron chi connectivity index (χ1n) is 5.88. The number of aryl methyl sites for hydroxylation is 1. The molecule has 0 heterocycles. The van der Waals surface area contributed by atoms with Gasteiger partial charge in [-0.2, -0.15) is 0 Å². The third-order valence-electron chi connectivity index (χ3n) is 2.83. The van der Waals surface area contributed by atoms with E-state index in [2.05, 4.69) is 5.32 Å². The van der Waals surface area contributed by atoms with Crippen LogP contribution in [0.2, 0.25) is 0 Å². The number of carbonyl (C=O) groups is 1. The van der Waals surface area contributed by atoms with Crippen LogP contribution in [0.15, 0.2) is 48.5 Å². The maximum atomic E-state index is 13.7. The van der Waals surface area contributed by atoms with Crippen LogP contribution in [-0.2, 0) is 4.79 Å². The first-order valence-corrected chi connectivity index (χ1v) is 5.88. The number of rotatable bonds is 4. The van der Waals surface area contributed by atoms with Gasteiger partial charge in [0.1, 0.15) is 5.82 Å². The Hall–Kier alpha value is -2.36. The number of carboxylic acid groups (broad SMARTS) is 1. The molecule has 4 heteroatoms. The molecular formula is C15H14FNO2. The summed E-state index contributed by atoms with van der Waals surface area (Å²) in [5, 5.41) is 12.1. The van der Waals surface area contributed by atoms with Crippen molar-refractivity contribution in [2.75, 3.05) is 5.32 Å². The first-order chi connectivity index (χ1) is 9.08. The summed E-state index contributed by atoms with van der Waals surface area (Å²) < 4.78 is 13.7. The lowest BCUT2D eigenvalue weighted by Crippen LogP contribution is -2.21. The van der Waals surface area contributed by atoms with Crippen LogP contribution in [0.1, 0.15) is 17.2 Å². The zero-order valence-corrected chi connectivity index (χ0v) is 10.4. The van der Waals surface area contributed by atoms with Crippen LogP contribution in [0.3, 0.4) is 0 Å². The van der Waals surface area contributed by atoms with Crippen LogP contribution >= 0.6 is 0 Å². The second-order valence-corrected chi connectivity index (χ2v) is 4.30. The summed E-state index contributed by atoms with van der Waals surface area (Å²) in [4.78, 5) is 11.3. The Balaban J connectivity index is 2.29. The summed E-state index contributed by atoms with van der Waals surface area (Å²) >= 11 is 0. The highest BCUT2D eigenvalue weighted by atomic mass is 19.1. The SMILES string of the molecule is Cc1ccc(NC(C(=O)O)c2ccccc2F)cc1. The Morgan fingerprint density at radius 1 is 1.16 bits per heavy atom. The van der Waals surface area contributed by atoms with E-state index in [9.17, 15) is 14.3 Å². The number of halogens is 1. The van der Waals surface area contributed by atoms with Gasteiger partial charge in [-0.25, -0.2) is 9.18 Å². The summed E-state index contributed by atoms with van der Waals surface area (Å²) in [6.45, 7) is 1.94. The Kier molecular flexibility index (Phi) is 3.80. The van der Waals surface area contributed by atoms with Crippen LogP contribution in [0.4, 0.5) is 10.1 Å². The predicted octanol–water partition coefficient (Wildman–Crippen LogP) is 3.37. The van der Waals surface area contributed by atoms with Gasteiger partial charge in [-0.05, 0) is 25.1 Å². The number of nitrogens with one attached hydrogen (secondary N) is 1. The van der Waals surface area contributed by atoms with E-state index in [-0.39, 0.29) is 5.56 Å². The van der Waals surface area contributed by atoms with Gasteiger partial charge in [0.2, 0.25) is 0 Å². The zero-order valence-electron chi connectivity index (χ0n) is 10.4. The van der Waals surface area contributed by atoms with Crippen LogP contribution in [0.5, 0.6) is 0 Å². The molecule has 0 radical (unpaired) electrons.